The van der Waals surface area contributed by atoms with Gasteiger partial charge in [-0.15, -0.1) is 11.3 Å². The molecule has 1 atom stereocenters. The predicted octanol–water partition coefficient (Wildman–Crippen LogP) is 3.14. The number of aryl methyl sites for hydroxylation is 1. The Morgan fingerprint density at radius 2 is 1.94 bits per heavy atom. The Bertz CT molecular complexity index is 1210. The summed E-state index contributed by atoms with van der Waals surface area (Å²) in [6, 6.07) is 6.30. The molecular formula is C19H21FN4O5S2. The lowest BCUT2D eigenvalue weighted by Crippen LogP contribution is -2.49. The quantitative estimate of drug-likeness (QED) is 0.484. The van der Waals surface area contributed by atoms with E-state index in [-0.39, 0.29) is 5.75 Å². The van der Waals surface area contributed by atoms with Crippen molar-refractivity contribution in [2.24, 2.45) is 0 Å². The molecular weight excluding hydrogens is 447 g/mol. The number of hydrogen-bond acceptors (Lipinski definition) is 9. The maximum Gasteiger partial charge on any atom is 0.348 e. The van der Waals surface area contributed by atoms with Gasteiger partial charge in [-0.2, -0.15) is 0 Å². The van der Waals surface area contributed by atoms with Crippen molar-refractivity contribution in [1.82, 2.24) is 14.7 Å². The van der Waals surface area contributed by atoms with Crippen LogP contribution in [-0.4, -0.2) is 50.1 Å². The highest BCUT2D eigenvalue weighted by Gasteiger charge is 2.41. The summed E-state index contributed by atoms with van der Waals surface area (Å²) in [6.45, 7) is 1.71. The molecule has 2 heterocycles. The Morgan fingerprint density at radius 1 is 1.26 bits per heavy atom. The number of nitrogens with zero attached hydrogens (tertiary/aromatic N) is 2. The Kier molecular flexibility index (Phi) is 6.43. The zero-order valence-electron chi connectivity index (χ0n) is 17.2. The lowest BCUT2D eigenvalue weighted by molar-refractivity contribution is 0.0605. The third kappa shape index (κ3) is 4.31. The fourth-order valence-corrected chi connectivity index (χ4v) is 4.66. The minimum atomic E-state index is -4.02. The van der Waals surface area contributed by atoms with Crippen LogP contribution in [0, 0.1) is 6.92 Å². The fraction of sp³-hybridized carbons (Fsp3) is 0.316. The van der Waals surface area contributed by atoms with E-state index < -0.39 is 27.6 Å². The van der Waals surface area contributed by atoms with E-state index >= 15 is 0 Å². The molecule has 0 spiro atoms. The van der Waals surface area contributed by atoms with Gasteiger partial charge in [-0.1, -0.05) is 0 Å². The van der Waals surface area contributed by atoms with Gasteiger partial charge in [0.1, 0.15) is 34.3 Å². The topological polar surface area (TPSA) is 120 Å². The molecule has 0 fully saturated rings. The number of esters is 1. The van der Waals surface area contributed by atoms with Gasteiger partial charge >= 0.3 is 5.97 Å². The van der Waals surface area contributed by atoms with E-state index in [4.69, 9.17) is 9.47 Å². The number of fused-ring (bicyclic) bond motifs is 1. The van der Waals surface area contributed by atoms with Crippen molar-refractivity contribution in [3.05, 3.63) is 41.0 Å². The molecule has 0 bridgehead atoms. The monoisotopic (exact) mass is 468 g/mol. The third-order valence-electron chi connectivity index (χ3n) is 4.63. The van der Waals surface area contributed by atoms with Crippen LogP contribution in [0.4, 0.5) is 15.9 Å². The van der Waals surface area contributed by atoms with Gasteiger partial charge in [-0.25, -0.2) is 32.3 Å². The average molecular weight is 469 g/mol. The molecule has 0 amide bonds. The second kappa shape index (κ2) is 8.73. The molecule has 0 saturated heterocycles. The first-order valence-electron chi connectivity index (χ1n) is 9.03. The number of nitrogens with one attached hydrogen (secondary N) is 2. The molecule has 0 aliphatic rings. The summed E-state index contributed by atoms with van der Waals surface area (Å²) in [5, 5.41) is 3.84. The van der Waals surface area contributed by atoms with E-state index in [9.17, 15) is 17.6 Å². The second-order valence-corrected chi connectivity index (χ2v) is 9.95. The molecule has 12 heteroatoms. The molecule has 1 aromatic carbocycles. The molecule has 166 valence electrons. The predicted molar refractivity (Wildman–Crippen MR) is 116 cm³/mol. The van der Waals surface area contributed by atoms with Crippen molar-refractivity contribution in [3.63, 3.8) is 0 Å². The zero-order valence-corrected chi connectivity index (χ0v) is 18.9. The van der Waals surface area contributed by atoms with Gasteiger partial charge in [-0.3, -0.25) is 0 Å². The van der Waals surface area contributed by atoms with E-state index in [2.05, 4.69) is 20.0 Å². The van der Waals surface area contributed by atoms with Crippen molar-refractivity contribution in [2.75, 3.05) is 26.1 Å². The molecule has 1 unspecified atom stereocenters. The smallest absolute Gasteiger partial charge is 0.348 e. The van der Waals surface area contributed by atoms with Gasteiger partial charge in [-0.05, 0) is 50.7 Å². The Morgan fingerprint density at radius 3 is 2.52 bits per heavy atom. The maximum absolute atomic E-state index is 13.4. The number of ether oxygens (including phenoxy) is 2. The van der Waals surface area contributed by atoms with E-state index in [0.717, 1.165) is 6.92 Å². The van der Waals surface area contributed by atoms with Crippen molar-refractivity contribution >= 4 is 49.1 Å². The highest BCUT2D eigenvalue weighted by molar-refractivity contribution is 7.90. The van der Waals surface area contributed by atoms with E-state index in [1.165, 1.54) is 44.0 Å². The van der Waals surface area contributed by atoms with Crippen LogP contribution in [0.25, 0.3) is 10.2 Å². The van der Waals surface area contributed by atoms with Crippen molar-refractivity contribution in [1.29, 1.82) is 0 Å². The van der Waals surface area contributed by atoms with Gasteiger partial charge in [0.05, 0.1) is 12.5 Å². The van der Waals surface area contributed by atoms with Gasteiger partial charge in [0.15, 0.2) is 0 Å². The molecule has 0 radical (unpaired) electrons. The number of carbonyl (C=O) groups is 1. The van der Waals surface area contributed by atoms with E-state index in [1.54, 1.807) is 19.1 Å². The number of sulfonamides is 1. The molecule has 0 aliphatic heterocycles. The van der Waals surface area contributed by atoms with Crippen molar-refractivity contribution in [2.45, 2.75) is 18.8 Å². The summed E-state index contributed by atoms with van der Waals surface area (Å²) in [5.74, 6) is 0.228. The highest BCUT2D eigenvalue weighted by Crippen LogP contribution is 2.35. The average Bonchev–Trinajstić information content (AvgIpc) is 3.11. The van der Waals surface area contributed by atoms with Crippen molar-refractivity contribution < 1.29 is 27.1 Å². The minimum Gasteiger partial charge on any atom is -0.467 e. The number of alkyl halides is 1. The van der Waals surface area contributed by atoms with E-state index in [1.807, 2.05) is 0 Å². The summed E-state index contributed by atoms with van der Waals surface area (Å²) in [6.07, 6.45) is 1.38. The number of hydrogen-bond donors (Lipinski definition) is 2. The maximum atomic E-state index is 13.4. The first-order chi connectivity index (χ1) is 14.7. The SMILES string of the molecule is CNS(=O)(=O)C(C)(CF)Oc1ccc(Nc2ncnc3sc(C(=O)OC)c(C)c23)cc1. The number of halogens is 1. The summed E-state index contributed by atoms with van der Waals surface area (Å²) >= 11 is 1.21. The van der Waals surface area contributed by atoms with Gasteiger partial charge in [0.2, 0.25) is 4.93 Å². The Hall–Kier alpha value is -2.83. The molecule has 3 rings (SSSR count). The van der Waals surface area contributed by atoms with Gasteiger partial charge in [0.25, 0.3) is 10.0 Å². The zero-order chi connectivity index (χ0) is 22.8. The third-order valence-corrected chi connectivity index (χ3v) is 7.68. The first-order valence-corrected chi connectivity index (χ1v) is 11.3. The number of benzene rings is 1. The van der Waals surface area contributed by atoms with E-state index in [0.29, 0.717) is 32.2 Å². The number of thiophene rings is 1. The minimum absolute atomic E-state index is 0.178. The molecule has 0 saturated carbocycles. The van der Waals surface area contributed by atoms with Crippen molar-refractivity contribution in [3.8, 4) is 5.75 Å². The molecule has 9 nitrogen and oxygen atoms in total. The van der Waals surface area contributed by atoms with Crippen LogP contribution in [0.1, 0.15) is 22.2 Å². The Labute approximate surface area is 182 Å². The number of aromatic nitrogens is 2. The standard InChI is InChI=1S/C19H21FN4O5S2/c1-11-14-16(22-10-23-17(14)30-15(11)18(25)28-4)24-12-5-7-13(8-6-12)29-19(2,9-20)31(26,27)21-3/h5-8,10,21H,9H2,1-4H3,(H,22,23,24). The van der Waals surface area contributed by atoms with Crippen LogP contribution >= 0.6 is 11.3 Å². The van der Waals surface area contributed by atoms with Crippen LogP contribution in [0.15, 0.2) is 30.6 Å². The van der Waals surface area contributed by atoms with Gasteiger partial charge in [0, 0.05) is 5.69 Å². The van der Waals surface area contributed by atoms with Gasteiger partial charge < -0.3 is 14.8 Å². The molecule has 31 heavy (non-hydrogen) atoms. The largest absolute Gasteiger partial charge is 0.467 e. The summed E-state index contributed by atoms with van der Waals surface area (Å²) < 4.78 is 49.9. The van der Waals surface area contributed by atoms with Crippen LogP contribution in [0.2, 0.25) is 0 Å². The van der Waals surface area contributed by atoms with Crippen LogP contribution in [0.5, 0.6) is 5.75 Å². The lowest BCUT2D eigenvalue weighted by Gasteiger charge is -2.27. The first kappa shape index (κ1) is 22.8. The summed E-state index contributed by atoms with van der Waals surface area (Å²) in [5.41, 5.74) is 1.32. The molecule has 2 aromatic heterocycles. The second-order valence-electron chi connectivity index (χ2n) is 6.68. The number of rotatable bonds is 8. The van der Waals surface area contributed by atoms with Crippen LogP contribution in [0.3, 0.4) is 0 Å². The highest BCUT2D eigenvalue weighted by atomic mass is 32.2. The molecule has 0 aliphatic carbocycles. The molecule has 2 N–H and O–H groups in total. The lowest BCUT2D eigenvalue weighted by atomic mass is 10.2. The number of methoxy groups -OCH3 is 1. The fourth-order valence-electron chi connectivity index (χ4n) is 2.82. The van der Waals surface area contributed by atoms with Crippen LogP contribution in [-0.2, 0) is 14.8 Å². The number of anilines is 2. The number of carbonyl (C=O) groups excluding carboxylic acids is 1. The van der Waals surface area contributed by atoms with Crippen LogP contribution < -0.4 is 14.8 Å². The molecule has 3 aromatic rings. The Balaban J connectivity index is 1.87. The summed E-state index contributed by atoms with van der Waals surface area (Å²) in [4.78, 5) is 19.5. The normalized spacial score (nSPS) is 13.6. The summed E-state index contributed by atoms with van der Waals surface area (Å²) in [7, 11) is -1.51.